The standard InChI is InChI=1S/C25H36NOSi/c1-5-7-18-26(19-8-6-2)20-28(21-27-4)25-16-14-24(15-17-25)22(3)23-12-10-9-11-13-23/h9-17H,3,5-8,18-21H2,1-2,4H3. The maximum absolute atomic E-state index is 5.62. The van der Waals surface area contributed by atoms with Crippen molar-refractivity contribution in [1.82, 2.24) is 4.90 Å². The van der Waals surface area contributed by atoms with Gasteiger partial charge in [-0.05, 0) is 48.8 Å². The Labute approximate surface area is 173 Å². The topological polar surface area (TPSA) is 12.5 Å². The molecule has 2 aromatic carbocycles. The van der Waals surface area contributed by atoms with Crippen LogP contribution in [0.3, 0.4) is 0 Å². The van der Waals surface area contributed by atoms with Crippen LogP contribution >= 0.6 is 0 Å². The van der Waals surface area contributed by atoms with Crippen LogP contribution in [0.2, 0.25) is 0 Å². The van der Waals surface area contributed by atoms with Gasteiger partial charge >= 0.3 is 0 Å². The number of hydrogen-bond acceptors (Lipinski definition) is 2. The van der Waals surface area contributed by atoms with Gasteiger partial charge in [-0.25, -0.2) is 0 Å². The normalized spacial score (nSPS) is 11.3. The van der Waals surface area contributed by atoms with Crippen molar-refractivity contribution < 1.29 is 4.74 Å². The van der Waals surface area contributed by atoms with Gasteiger partial charge in [0.05, 0.1) is 0 Å². The van der Waals surface area contributed by atoms with Crippen LogP contribution in [0.5, 0.6) is 0 Å². The third-order valence-electron chi connectivity index (χ3n) is 5.15. The van der Waals surface area contributed by atoms with Crippen molar-refractivity contribution in [2.75, 3.05) is 32.6 Å². The summed E-state index contributed by atoms with van der Waals surface area (Å²) in [6, 6.07) is 19.5. The van der Waals surface area contributed by atoms with Gasteiger partial charge in [0.25, 0.3) is 0 Å². The Hall–Kier alpha value is -1.68. The van der Waals surface area contributed by atoms with Crippen molar-refractivity contribution in [3.8, 4) is 0 Å². The molecule has 2 rings (SSSR count). The van der Waals surface area contributed by atoms with Crippen LogP contribution < -0.4 is 5.19 Å². The molecule has 0 atom stereocenters. The summed E-state index contributed by atoms with van der Waals surface area (Å²) >= 11 is 0. The maximum Gasteiger partial charge on any atom is 0.132 e. The number of benzene rings is 2. The van der Waals surface area contributed by atoms with Gasteiger partial charge in [-0.1, -0.05) is 93.1 Å². The van der Waals surface area contributed by atoms with E-state index in [1.165, 1.54) is 55.1 Å². The Balaban J connectivity index is 2.10. The molecule has 28 heavy (non-hydrogen) atoms. The van der Waals surface area contributed by atoms with Crippen LogP contribution in [-0.4, -0.2) is 46.3 Å². The number of ether oxygens (including phenoxy) is 1. The summed E-state index contributed by atoms with van der Waals surface area (Å²) in [4.78, 5) is 2.66. The molecule has 0 saturated carbocycles. The van der Waals surface area contributed by atoms with Crippen molar-refractivity contribution in [1.29, 1.82) is 0 Å². The lowest BCUT2D eigenvalue weighted by Crippen LogP contribution is -2.47. The molecule has 0 fully saturated rings. The summed E-state index contributed by atoms with van der Waals surface area (Å²) < 4.78 is 5.62. The summed E-state index contributed by atoms with van der Waals surface area (Å²) in [5.41, 5.74) is 3.46. The van der Waals surface area contributed by atoms with Gasteiger partial charge in [0, 0.05) is 13.3 Å². The zero-order valence-corrected chi connectivity index (χ0v) is 18.9. The zero-order chi connectivity index (χ0) is 20.2. The predicted molar refractivity (Wildman–Crippen MR) is 125 cm³/mol. The van der Waals surface area contributed by atoms with Crippen LogP contribution in [0.1, 0.15) is 50.7 Å². The molecule has 2 aromatic rings. The maximum atomic E-state index is 5.62. The van der Waals surface area contributed by atoms with Gasteiger partial charge in [0.2, 0.25) is 0 Å². The first-order chi connectivity index (χ1) is 13.7. The molecule has 0 unspecified atom stereocenters. The molecule has 0 aliphatic rings. The van der Waals surface area contributed by atoms with E-state index >= 15 is 0 Å². The molecule has 3 heteroatoms. The Bertz CT molecular complexity index is 675. The lowest BCUT2D eigenvalue weighted by molar-refractivity contribution is 0.243. The molecular weight excluding hydrogens is 358 g/mol. The minimum atomic E-state index is -0.764. The highest BCUT2D eigenvalue weighted by atomic mass is 28.3. The summed E-state index contributed by atoms with van der Waals surface area (Å²) in [6.45, 7) is 11.3. The van der Waals surface area contributed by atoms with Gasteiger partial charge in [0.1, 0.15) is 8.80 Å². The minimum absolute atomic E-state index is 0.764. The lowest BCUT2D eigenvalue weighted by Gasteiger charge is -2.26. The fraction of sp³-hybridized carbons (Fsp3) is 0.440. The van der Waals surface area contributed by atoms with Crippen LogP contribution in [-0.2, 0) is 4.74 Å². The Morgan fingerprint density at radius 3 is 2.00 bits per heavy atom. The second kappa shape index (κ2) is 12.7. The van der Waals surface area contributed by atoms with Crippen LogP contribution in [0, 0.1) is 0 Å². The smallest absolute Gasteiger partial charge is 0.132 e. The SMILES string of the molecule is C=C(c1ccccc1)c1ccc([Si](COC)CN(CCCC)CCCC)cc1. The molecule has 0 aliphatic carbocycles. The monoisotopic (exact) mass is 394 g/mol. The Kier molecular flexibility index (Phi) is 10.3. The summed E-state index contributed by atoms with van der Waals surface area (Å²) in [6.07, 6.45) is 7.09. The van der Waals surface area contributed by atoms with Gasteiger partial charge in [-0.15, -0.1) is 0 Å². The van der Waals surface area contributed by atoms with E-state index in [0.29, 0.717) is 0 Å². The molecule has 0 aromatic heterocycles. The van der Waals surface area contributed by atoms with Crippen LogP contribution in [0.15, 0.2) is 61.2 Å². The zero-order valence-electron chi connectivity index (χ0n) is 17.9. The first-order valence-corrected chi connectivity index (χ1v) is 12.5. The van der Waals surface area contributed by atoms with E-state index in [-0.39, 0.29) is 0 Å². The van der Waals surface area contributed by atoms with E-state index in [1.807, 2.05) is 13.2 Å². The molecule has 1 radical (unpaired) electrons. The van der Waals surface area contributed by atoms with E-state index in [9.17, 15) is 0 Å². The third-order valence-corrected chi connectivity index (χ3v) is 7.77. The van der Waals surface area contributed by atoms with E-state index in [2.05, 4.69) is 73.9 Å². The second-order valence-electron chi connectivity index (χ2n) is 7.44. The number of nitrogens with zero attached hydrogens (tertiary/aromatic N) is 1. The molecule has 0 saturated heterocycles. The molecule has 0 bridgehead atoms. The van der Waals surface area contributed by atoms with Crippen molar-refractivity contribution >= 4 is 19.6 Å². The molecule has 0 N–H and O–H groups in total. The van der Waals surface area contributed by atoms with Crippen molar-refractivity contribution in [3.63, 3.8) is 0 Å². The van der Waals surface area contributed by atoms with E-state index in [1.54, 1.807) is 0 Å². The number of rotatable bonds is 13. The molecule has 0 aliphatic heterocycles. The summed E-state index contributed by atoms with van der Waals surface area (Å²) in [5.74, 6) is 0. The fourth-order valence-corrected chi connectivity index (χ4v) is 5.69. The minimum Gasteiger partial charge on any atom is -0.388 e. The molecule has 151 valence electrons. The van der Waals surface area contributed by atoms with Crippen LogP contribution in [0.4, 0.5) is 0 Å². The van der Waals surface area contributed by atoms with Crippen molar-refractivity contribution in [3.05, 3.63) is 72.3 Å². The van der Waals surface area contributed by atoms with Gasteiger partial charge < -0.3 is 9.64 Å². The third kappa shape index (κ3) is 7.05. The highest BCUT2D eigenvalue weighted by molar-refractivity contribution is 6.73. The molecule has 0 spiro atoms. The first-order valence-electron chi connectivity index (χ1n) is 10.6. The Morgan fingerprint density at radius 2 is 1.46 bits per heavy atom. The van der Waals surface area contributed by atoms with E-state index in [4.69, 9.17) is 4.74 Å². The number of unbranched alkanes of at least 4 members (excludes halogenated alkanes) is 2. The number of hydrogen-bond donors (Lipinski definition) is 0. The average Bonchev–Trinajstić information content (AvgIpc) is 2.75. The molecule has 0 amide bonds. The van der Waals surface area contributed by atoms with Gasteiger partial charge in [-0.2, -0.15) is 0 Å². The summed E-state index contributed by atoms with van der Waals surface area (Å²) in [7, 11) is 1.07. The van der Waals surface area contributed by atoms with Gasteiger partial charge in [-0.3, -0.25) is 0 Å². The fourth-order valence-electron chi connectivity index (χ4n) is 3.41. The largest absolute Gasteiger partial charge is 0.388 e. The van der Waals surface area contributed by atoms with E-state index in [0.717, 1.165) is 18.0 Å². The predicted octanol–water partition coefficient (Wildman–Crippen LogP) is 5.08. The first kappa shape index (κ1) is 22.6. The molecular formula is C25H36NOSi. The summed E-state index contributed by atoms with van der Waals surface area (Å²) in [5, 5.41) is 1.45. The van der Waals surface area contributed by atoms with Gasteiger partial charge in [0.15, 0.2) is 0 Å². The van der Waals surface area contributed by atoms with Crippen molar-refractivity contribution in [2.24, 2.45) is 0 Å². The highest BCUT2D eigenvalue weighted by Gasteiger charge is 2.18. The molecule has 2 nitrogen and oxygen atoms in total. The lowest BCUT2D eigenvalue weighted by atomic mass is 10.00. The number of methoxy groups -OCH3 is 1. The molecule has 0 heterocycles. The quantitative estimate of drug-likeness (QED) is 0.439. The van der Waals surface area contributed by atoms with Crippen LogP contribution in [0.25, 0.3) is 5.57 Å². The van der Waals surface area contributed by atoms with E-state index < -0.39 is 8.80 Å². The second-order valence-corrected chi connectivity index (χ2v) is 9.83. The Morgan fingerprint density at radius 1 is 0.893 bits per heavy atom. The highest BCUT2D eigenvalue weighted by Crippen LogP contribution is 2.20. The average molecular weight is 395 g/mol. The van der Waals surface area contributed by atoms with Crippen molar-refractivity contribution in [2.45, 2.75) is 39.5 Å².